The predicted molar refractivity (Wildman–Crippen MR) is 59.6 cm³/mol. The van der Waals surface area contributed by atoms with Crippen molar-refractivity contribution >= 4 is 5.95 Å². The Labute approximate surface area is 90.6 Å². The second-order valence-electron chi connectivity index (χ2n) is 4.79. The van der Waals surface area contributed by atoms with Gasteiger partial charge in [0.1, 0.15) is 0 Å². The van der Waals surface area contributed by atoms with Gasteiger partial charge >= 0.3 is 0 Å². The van der Waals surface area contributed by atoms with Gasteiger partial charge in [0.15, 0.2) is 0 Å². The SMILES string of the molecule is CCN(C)c1noc(C(N)C(C)(C)C)n1. The van der Waals surface area contributed by atoms with Gasteiger partial charge in [-0.1, -0.05) is 20.8 Å². The molecule has 1 unspecified atom stereocenters. The number of anilines is 1. The molecule has 0 aliphatic heterocycles. The Bertz CT molecular complexity index is 315. The van der Waals surface area contributed by atoms with Crippen LogP contribution in [0.5, 0.6) is 0 Å². The molecule has 0 aliphatic rings. The van der Waals surface area contributed by atoms with Gasteiger partial charge in [-0.05, 0) is 17.5 Å². The minimum atomic E-state index is -0.232. The highest BCUT2D eigenvalue weighted by Gasteiger charge is 2.27. The van der Waals surface area contributed by atoms with Crippen molar-refractivity contribution in [1.29, 1.82) is 0 Å². The summed E-state index contributed by atoms with van der Waals surface area (Å²) in [7, 11) is 1.91. The number of rotatable bonds is 3. The molecule has 0 bridgehead atoms. The first-order chi connectivity index (χ1) is 6.86. The van der Waals surface area contributed by atoms with Crippen molar-refractivity contribution in [2.24, 2.45) is 11.1 Å². The van der Waals surface area contributed by atoms with E-state index in [2.05, 4.69) is 10.1 Å². The van der Waals surface area contributed by atoms with E-state index in [0.29, 0.717) is 11.8 Å². The monoisotopic (exact) mass is 212 g/mol. The van der Waals surface area contributed by atoms with E-state index in [9.17, 15) is 0 Å². The third-order valence-electron chi connectivity index (χ3n) is 2.45. The number of hydrogen-bond donors (Lipinski definition) is 1. The molecule has 0 fully saturated rings. The summed E-state index contributed by atoms with van der Waals surface area (Å²) in [6.45, 7) is 9.00. The molecule has 0 saturated carbocycles. The highest BCUT2D eigenvalue weighted by atomic mass is 16.5. The van der Waals surface area contributed by atoms with Crippen LogP contribution in [0.15, 0.2) is 4.52 Å². The van der Waals surface area contributed by atoms with Crippen LogP contribution in [0.25, 0.3) is 0 Å². The van der Waals surface area contributed by atoms with Crippen molar-refractivity contribution in [3.05, 3.63) is 5.89 Å². The molecule has 0 saturated heterocycles. The Morgan fingerprint density at radius 2 is 2.07 bits per heavy atom. The van der Waals surface area contributed by atoms with Crippen LogP contribution < -0.4 is 10.6 Å². The van der Waals surface area contributed by atoms with Gasteiger partial charge in [-0.3, -0.25) is 0 Å². The zero-order valence-electron chi connectivity index (χ0n) is 10.1. The van der Waals surface area contributed by atoms with Crippen LogP contribution in [0.3, 0.4) is 0 Å². The molecular formula is C10H20N4O. The number of aromatic nitrogens is 2. The molecule has 5 nitrogen and oxygen atoms in total. The largest absolute Gasteiger partial charge is 0.342 e. The van der Waals surface area contributed by atoms with Crippen molar-refractivity contribution in [2.75, 3.05) is 18.5 Å². The molecule has 1 aromatic heterocycles. The molecule has 0 spiro atoms. The standard InChI is InChI=1S/C10H20N4O/c1-6-14(5)9-12-8(15-13-9)7(11)10(2,3)4/h7H,6,11H2,1-5H3. The quantitative estimate of drug-likeness (QED) is 0.823. The zero-order chi connectivity index (χ0) is 11.6. The van der Waals surface area contributed by atoms with Crippen molar-refractivity contribution < 1.29 is 4.52 Å². The second-order valence-corrected chi connectivity index (χ2v) is 4.79. The molecule has 1 atom stereocenters. The van der Waals surface area contributed by atoms with E-state index in [-0.39, 0.29) is 11.5 Å². The minimum Gasteiger partial charge on any atom is -0.342 e. The Morgan fingerprint density at radius 3 is 2.53 bits per heavy atom. The molecule has 86 valence electrons. The van der Waals surface area contributed by atoms with Gasteiger partial charge in [0.2, 0.25) is 5.89 Å². The maximum Gasteiger partial charge on any atom is 0.265 e. The lowest BCUT2D eigenvalue weighted by Gasteiger charge is -2.23. The molecule has 0 aromatic carbocycles. The molecule has 2 N–H and O–H groups in total. The average Bonchev–Trinajstić information content (AvgIpc) is 2.62. The van der Waals surface area contributed by atoms with E-state index in [1.165, 1.54) is 0 Å². The first-order valence-corrected chi connectivity index (χ1v) is 5.16. The van der Waals surface area contributed by atoms with Crippen molar-refractivity contribution in [2.45, 2.75) is 33.7 Å². The predicted octanol–water partition coefficient (Wildman–Crippen LogP) is 1.57. The average molecular weight is 212 g/mol. The lowest BCUT2D eigenvalue weighted by atomic mass is 9.87. The van der Waals surface area contributed by atoms with E-state index in [1.807, 2.05) is 39.6 Å². The fourth-order valence-electron chi connectivity index (χ4n) is 1.02. The fourth-order valence-corrected chi connectivity index (χ4v) is 1.02. The highest BCUT2D eigenvalue weighted by Crippen LogP contribution is 2.29. The molecule has 0 amide bonds. The summed E-state index contributed by atoms with van der Waals surface area (Å²) < 4.78 is 5.15. The number of hydrogen-bond acceptors (Lipinski definition) is 5. The zero-order valence-corrected chi connectivity index (χ0v) is 10.1. The van der Waals surface area contributed by atoms with Crippen molar-refractivity contribution in [3.8, 4) is 0 Å². The third-order valence-corrected chi connectivity index (χ3v) is 2.45. The van der Waals surface area contributed by atoms with Crippen LogP contribution in [0.1, 0.15) is 39.6 Å². The van der Waals surface area contributed by atoms with Crippen LogP contribution in [-0.4, -0.2) is 23.7 Å². The van der Waals surface area contributed by atoms with Gasteiger partial charge in [-0.25, -0.2) is 0 Å². The molecule has 15 heavy (non-hydrogen) atoms. The van der Waals surface area contributed by atoms with Crippen LogP contribution in [0.2, 0.25) is 0 Å². The van der Waals surface area contributed by atoms with Crippen LogP contribution in [0, 0.1) is 5.41 Å². The second kappa shape index (κ2) is 4.18. The third kappa shape index (κ3) is 2.68. The van der Waals surface area contributed by atoms with Crippen LogP contribution >= 0.6 is 0 Å². The van der Waals surface area contributed by atoms with E-state index in [1.54, 1.807) is 0 Å². The van der Waals surface area contributed by atoms with E-state index >= 15 is 0 Å². The minimum absolute atomic E-state index is 0.0748. The first-order valence-electron chi connectivity index (χ1n) is 5.16. The van der Waals surface area contributed by atoms with Gasteiger partial charge in [-0.2, -0.15) is 4.98 Å². The molecule has 5 heteroatoms. The van der Waals surface area contributed by atoms with Gasteiger partial charge in [0.25, 0.3) is 5.95 Å². The first kappa shape index (κ1) is 12.0. The Hall–Kier alpha value is -1.10. The summed E-state index contributed by atoms with van der Waals surface area (Å²) in [6.07, 6.45) is 0. The topological polar surface area (TPSA) is 68.2 Å². The van der Waals surface area contributed by atoms with E-state index < -0.39 is 0 Å². The van der Waals surface area contributed by atoms with Gasteiger partial charge in [0.05, 0.1) is 6.04 Å². The van der Waals surface area contributed by atoms with E-state index in [4.69, 9.17) is 10.3 Å². The lowest BCUT2D eigenvalue weighted by molar-refractivity contribution is 0.253. The lowest BCUT2D eigenvalue weighted by Crippen LogP contribution is -2.26. The van der Waals surface area contributed by atoms with Gasteiger partial charge in [0, 0.05) is 13.6 Å². The Morgan fingerprint density at radius 1 is 1.47 bits per heavy atom. The molecule has 0 radical (unpaired) electrons. The number of nitrogens with zero attached hydrogens (tertiary/aromatic N) is 3. The summed E-state index contributed by atoms with van der Waals surface area (Å²) in [6, 6.07) is -0.232. The van der Waals surface area contributed by atoms with Gasteiger partial charge < -0.3 is 15.2 Å². The van der Waals surface area contributed by atoms with Crippen molar-refractivity contribution in [3.63, 3.8) is 0 Å². The summed E-state index contributed by atoms with van der Waals surface area (Å²) in [5, 5.41) is 3.88. The smallest absolute Gasteiger partial charge is 0.265 e. The summed E-state index contributed by atoms with van der Waals surface area (Å²) in [5.41, 5.74) is 5.94. The fraction of sp³-hybridized carbons (Fsp3) is 0.800. The molecule has 1 aromatic rings. The Balaban J connectivity index is 2.85. The molecule has 0 aliphatic carbocycles. The van der Waals surface area contributed by atoms with Crippen LogP contribution in [0.4, 0.5) is 5.95 Å². The van der Waals surface area contributed by atoms with Gasteiger partial charge in [-0.15, -0.1) is 0 Å². The summed E-state index contributed by atoms with van der Waals surface area (Å²) in [5.74, 6) is 1.09. The van der Waals surface area contributed by atoms with Crippen molar-refractivity contribution in [1.82, 2.24) is 10.1 Å². The highest BCUT2D eigenvalue weighted by molar-refractivity contribution is 5.25. The van der Waals surface area contributed by atoms with E-state index in [0.717, 1.165) is 6.54 Å². The molecule has 1 rings (SSSR count). The Kier molecular flexibility index (Phi) is 3.34. The maximum absolute atomic E-state index is 6.01. The normalized spacial score (nSPS) is 14.0. The molecule has 1 heterocycles. The summed E-state index contributed by atoms with van der Waals surface area (Å²) in [4.78, 5) is 6.18. The maximum atomic E-state index is 6.01. The van der Waals surface area contributed by atoms with Crippen LogP contribution in [-0.2, 0) is 0 Å². The molecular weight excluding hydrogens is 192 g/mol. The summed E-state index contributed by atoms with van der Waals surface area (Å²) >= 11 is 0. The number of nitrogens with two attached hydrogens (primary N) is 1.